The molecule has 0 aliphatic heterocycles. The number of nitrogens with zero attached hydrogens (tertiary/aromatic N) is 1. The van der Waals surface area contributed by atoms with Crippen molar-refractivity contribution in [3.8, 4) is 17.2 Å². The molecule has 0 saturated carbocycles. The molecule has 1 aromatic heterocycles. The molecule has 1 heterocycles. The van der Waals surface area contributed by atoms with Gasteiger partial charge in [0, 0.05) is 11.3 Å². The molecule has 2 aromatic rings. The van der Waals surface area contributed by atoms with Gasteiger partial charge >= 0.3 is 0 Å². The van der Waals surface area contributed by atoms with Crippen LogP contribution >= 0.6 is 12.2 Å². The fourth-order valence-corrected chi connectivity index (χ4v) is 1.88. The van der Waals surface area contributed by atoms with E-state index >= 15 is 0 Å². The van der Waals surface area contributed by atoms with Crippen molar-refractivity contribution in [1.29, 1.82) is 5.26 Å². The summed E-state index contributed by atoms with van der Waals surface area (Å²) in [5, 5.41) is 8.94. The Morgan fingerprint density at radius 3 is 2.56 bits per heavy atom. The molecule has 16 heavy (non-hydrogen) atoms. The zero-order valence-electron chi connectivity index (χ0n) is 8.82. The van der Waals surface area contributed by atoms with Gasteiger partial charge in [-0.25, -0.2) is 0 Å². The lowest BCUT2D eigenvalue weighted by atomic mass is 10.0. The summed E-state index contributed by atoms with van der Waals surface area (Å²) >= 11 is 5.07. The Bertz CT molecular complexity index is 606. The van der Waals surface area contributed by atoms with Gasteiger partial charge in [0.2, 0.25) is 0 Å². The predicted molar refractivity (Wildman–Crippen MR) is 66.5 cm³/mol. The highest BCUT2D eigenvalue weighted by Gasteiger charge is 2.04. The van der Waals surface area contributed by atoms with E-state index in [2.05, 4.69) is 11.1 Å². The quantitative estimate of drug-likeness (QED) is 0.755. The maximum Gasteiger partial charge on any atom is 0.121 e. The Morgan fingerprint density at radius 1 is 1.25 bits per heavy atom. The van der Waals surface area contributed by atoms with Crippen LogP contribution in [0.25, 0.3) is 11.1 Å². The molecule has 1 N–H and O–H groups in total. The summed E-state index contributed by atoms with van der Waals surface area (Å²) in [6.45, 7) is 1.96. The lowest BCUT2D eigenvalue weighted by molar-refractivity contribution is 1.17. The molecule has 0 spiro atoms. The first-order chi connectivity index (χ1) is 7.72. The van der Waals surface area contributed by atoms with Gasteiger partial charge in [0.1, 0.15) is 10.7 Å². The van der Waals surface area contributed by atoms with E-state index in [1.165, 1.54) is 0 Å². The van der Waals surface area contributed by atoms with Crippen LogP contribution in [0, 0.1) is 22.9 Å². The molecule has 0 fully saturated rings. The molecule has 78 valence electrons. The molecule has 0 amide bonds. The van der Waals surface area contributed by atoms with Crippen LogP contribution in [-0.2, 0) is 0 Å². The number of nitrogens with one attached hydrogen (secondary N) is 1. The van der Waals surface area contributed by atoms with Crippen molar-refractivity contribution in [2.75, 3.05) is 0 Å². The van der Waals surface area contributed by atoms with Crippen molar-refractivity contribution >= 4 is 12.2 Å². The normalized spacial score (nSPS) is 9.75. The van der Waals surface area contributed by atoms with Crippen molar-refractivity contribution in [3.63, 3.8) is 0 Å². The van der Waals surface area contributed by atoms with Crippen LogP contribution in [0.4, 0.5) is 0 Å². The van der Waals surface area contributed by atoms with Gasteiger partial charge in [0.05, 0.1) is 5.56 Å². The summed E-state index contributed by atoms with van der Waals surface area (Å²) in [5.41, 5.74) is 3.60. The number of hydrogen-bond acceptors (Lipinski definition) is 2. The van der Waals surface area contributed by atoms with E-state index in [1.54, 1.807) is 0 Å². The van der Waals surface area contributed by atoms with Crippen LogP contribution in [0.15, 0.2) is 36.4 Å². The number of pyridine rings is 1. The van der Waals surface area contributed by atoms with E-state index in [0.717, 1.165) is 16.8 Å². The minimum atomic E-state index is 0.500. The molecule has 1 aromatic carbocycles. The predicted octanol–water partition coefficient (Wildman–Crippen LogP) is 3.59. The third-order valence-electron chi connectivity index (χ3n) is 2.44. The standard InChI is InChI=1S/C13H10N2S/c1-9-12(10-5-3-2-4-6-10)7-11(8-14)13(16)15-9/h2-7H,1H3,(H,15,16). The smallest absolute Gasteiger partial charge is 0.121 e. The number of aromatic nitrogens is 1. The molecule has 2 nitrogen and oxygen atoms in total. The van der Waals surface area contributed by atoms with Gasteiger partial charge in [-0.15, -0.1) is 0 Å². The molecule has 0 bridgehead atoms. The summed E-state index contributed by atoms with van der Waals surface area (Å²) in [4.78, 5) is 3.05. The monoisotopic (exact) mass is 226 g/mol. The highest BCUT2D eigenvalue weighted by Crippen LogP contribution is 2.22. The second kappa shape index (κ2) is 4.30. The summed E-state index contributed by atoms with van der Waals surface area (Å²) in [6.07, 6.45) is 0. The molecule has 0 saturated heterocycles. The Morgan fingerprint density at radius 2 is 1.94 bits per heavy atom. The van der Waals surface area contributed by atoms with Crippen molar-refractivity contribution in [1.82, 2.24) is 4.98 Å². The van der Waals surface area contributed by atoms with Crippen LogP contribution in [0.1, 0.15) is 11.3 Å². The van der Waals surface area contributed by atoms with E-state index in [-0.39, 0.29) is 0 Å². The summed E-state index contributed by atoms with van der Waals surface area (Å²) in [7, 11) is 0. The van der Waals surface area contributed by atoms with Crippen LogP contribution < -0.4 is 0 Å². The van der Waals surface area contributed by atoms with Gasteiger partial charge in [-0.2, -0.15) is 5.26 Å². The number of aromatic amines is 1. The van der Waals surface area contributed by atoms with E-state index in [0.29, 0.717) is 10.2 Å². The fourth-order valence-electron chi connectivity index (χ4n) is 1.62. The van der Waals surface area contributed by atoms with Crippen molar-refractivity contribution in [2.45, 2.75) is 6.92 Å². The van der Waals surface area contributed by atoms with Gasteiger partial charge in [-0.05, 0) is 18.6 Å². The number of benzene rings is 1. The Labute approximate surface area is 99.2 Å². The first-order valence-electron chi connectivity index (χ1n) is 4.92. The maximum atomic E-state index is 8.94. The van der Waals surface area contributed by atoms with Crippen molar-refractivity contribution in [2.24, 2.45) is 0 Å². The van der Waals surface area contributed by atoms with Gasteiger partial charge in [-0.3, -0.25) is 0 Å². The second-order valence-electron chi connectivity index (χ2n) is 3.53. The van der Waals surface area contributed by atoms with E-state index in [1.807, 2.05) is 43.3 Å². The van der Waals surface area contributed by atoms with Crippen LogP contribution in [0.3, 0.4) is 0 Å². The molecule has 0 radical (unpaired) electrons. The second-order valence-corrected chi connectivity index (χ2v) is 3.94. The average Bonchev–Trinajstić information content (AvgIpc) is 2.30. The molecule has 0 unspecified atom stereocenters. The number of rotatable bonds is 1. The third-order valence-corrected chi connectivity index (χ3v) is 2.77. The summed E-state index contributed by atoms with van der Waals surface area (Å²) in [6, 6.07) is 13.9. The lowest BCUT2D eigenvalue weighted by Gasteiger charge is -2.06. The summed E-state index contributed by atoms with van der Waals surface area (Å²) in [5.74, 6) is 0. The third kappa shape index (κ3) is 1.88. The van der Waals surface area contributed by atoms with Crippen molar-refractivity contribution in [3.05, 3.63) is 52.3 Å². The average molecular weight is 226 g/mol. The van der Waals surface area contributed by atoms with Crippen LogP contribution in [-0.4, -0.2) is 4.98 Å². The number of nitriles is 1. The van der Waals surface area contributed by atoms with Gasteiger partial charge in [0.15, 0.2) is 0 Å². The largest absolute Gasteiger partial charge is 0.349 e. The van der Waals surface area contributed by atoms with E-state index in [4.69, 9.17) is 17.5 Å². The topological polar surface area (TPSA) is 39.6 Å². The van der Waals surface area contributed by atoms with Gasteiger partial charge in [0.25, 0.3) is 0 Å². The Kier molecular flexibility index (Phi) is 2.84. The maximum absolute atomic E-state index is 8.94. The van der Waals surface area contributed by atoms with Gasteiger partial charge in [-0.1, -0.05) is 42.5 Å². The van der Waals surface area contributed by atoms with E-state index in [9.17, 15) is 0 Å². The van der Waals surface area contributed by atoms with Crippen LogP contribution in [0.2, 0.25) is 0 Å². The van der Waals surface area contributed by atoms with Gasteiger partial charge < -0.3 is 4.98 Å². The highest BCUT2D eigenvalue weighted by molar-refractivity contribution is 7.71. The Balaban J connectivity index is 2.68. The molecule has 2 rings (SSSR count). The minimum Gasteiger partial charge on any atom is -0.349 e. The first-order valence-corrected chi connectivity index (χ1v) is 5.32. The number of aryl methyl sites for hydroxylation is 1. The molecule has 0 aliphatic rings. The zero-order valence-corrected chi connectivity index (χ0v) is 9.64. The number of H-pyrrole nitrogens is 1. The molecule has 3 heteroatoms. The SMILES string of the molecule is Cc1[nH]c(=S)c(C#N)cc1-c1ccccc1. The van der Waals surface area contributed by atoms with E-state index < -0.39 is 0 Å². The highest BCUT2D eigenvalue weighted by atomic mass is 32.1. The minimum absolute atomic E-state index is 0.500. The zero-order chi connectivity index (χ0) is 11.5. The molecular formula is C13H10N2S. The summed E-state index contributed by atoms with van der Waals surface area (Å²) < 4.78 is 0.500. The first kappa shape index (κ1) is 10.6. The molecule has 0 aliphatic carbocycles. The van der Waals surface area contributed by atoms with Crippen LogP contribution in [0.5, 0.6) is 0 Å². The Hall–Kier alpha value is -1.92. The fraction of sp³-hybridized carbons (Fsp3) is 0.0769. The lowest BCUT2D eigenvalue weighted by Crippen LogP contribution is -1.91. The van der Waals surface area contributed by atoms with Crippen molar-refractivity contribution < 1.29 is 0 Å². The molecule has 0 atom stereocenters. The molecular weight excluding hydrogens is 216 g/mol. The number of hydrogen-bond donors (Lipinski definition) is 1.